The van der Waals surface area contributed by atoms with Gasteiger partial charge in [0.15, 0.2) is 5.54 Å². The summed E-state index contributed by atoms with van der Waals surface area (Å²) in [5.41, 5.74) is -2.57. The zero-order valence-corrected chi connectivity index (χ0v) is 17.4. The van der Waals surface area contributed by atoms with E-state index < -0.39 is 63.2 Å². The quantitative estimate of drug-likeness (QED) is 0.353. The van der Waals surface area contributed by atoms with Crippen LogP contribution < -0.4 is 5.32 Å². The number of alkyl halides is 3. The first-order chi connectivity index (χ1) is 15.7. The number of hydrogen-bond acceptors (Lipinski definition) is 9. The van der Waals surface area contributed by atoms with Crippen LogP contribution in [-0.2, 0) is 20.7 Å². The molecule has 1 aliphatic rings. The minimum absolute atomic E-state index is 0.0450. The largest absolute Gasteiger partial charge is 0.471 e. The summed E-state index contributed by atoms with van der Waals surface area (Å²) in [4.78, 5) is 51.9. The fraction of sp³-hybridized carbons (Fsp3) is 0.333. The molecule has 1 aliphatic heterocycles. The first-order valence-corrected chi connectivity index (χ1v) is 9.35. The molecule has 2 aromatic rings. The minimum atomic E-state index is -5.23. The van der Waals surface area contributed by atoms with Crippen LogP contribution in [0.4, 0.5) is 24.5 Å². The number of ether oxygens (including phenoxy) is 1. The molecule has 0 saturated carbocycles. The molecule has 16 heteroatoms. The molecule has 0 bridgehead atoms. The number of carbonyl (C=O) groups excluding carboxylic acids is 2. The van der Waals surface area contributed by atoms with E-state index in [2.05, 4.69) is 9.98 Å². The van der Waals surface area contributed by atoms with E-state index in [0.29, 0.717) is 0 Å². The molecule has 0 saturated heterocycles. The van der Waals surface area contributed by atoms with Crippen molar-refractivity contribution >= 4 is 29.1 Å². The molecule has 0 fully saturated rings. The Kier molecular flexibility index (Phi) is 6.09. The number of rotatable bonds is 7. The smallest absolute Gasteiger partial charge is 0.408 e. The van der Waals surface area contributed by atoms with Gasteiger partial charge in [0, 0.05) is 18.7 Å². The fourth-order valence-electron chi connectivity index (χ4n) is 2.95. The van der Waals surface area contributed by atoms with Gasteiger partial charge in [-0.2, -0.15) is 13.2 Å². The van der Waals surface area contributed by atoms with Crippen molar-refractivity contribution in [3.05, 3.63) is 56.6 Å². The highest BCUT2D eigenvalue weighted by atomic mass is 19.4. The number of nitrogens with one attached hydrogen (secondary N) is 1. The molecule has 2 heterocycles. The van der Waals surface area contributed by atoms with Crippen molar-refractivity contribution in [1.82, 2.24) is 14.9 Å². The number of cyclic esters (lactones) is 1. The number of nitrogens with zero attached hydrogens (tertiary/aromatic N) is 5. The molecule has 0 aliphatic carbocycles. The number of carbonyl (C=O) groups is 2. The molecule has 1 atom stereocenters. The van der Waals surface area contributed by atoms with Gasteiger partial charge in [0.25, 0.3) is 11.4 Å². The molecule has 34 heavy (non-hydrogen) atoms. The van der Waals surface area contributed by atoms with Crippen LogP contribution in [0.15, 0.2) is 35.7 Å². The van der Waals surface area contributed by atoms with E-state index in [4.69, 9.17) is 4.74 Å². The lowest BCUT2D eigenvalue weighted by atomic mass is 10.1. The highest BCUT2D eigenvalue weighted by Crippen LogP contribution is 2.28. The van der Waals surface area contributed by atoms with Crippen LogP contribution in [0.1, 0.15) is 19.5 Å². The van der Waals surface area contributed by atoms with Gasteiger partial charge in [-0.1, -0.05) is 0 Å². The number of non-ortho nitro benzene ring substituents is 1. The summed E-state index contributed by atoms with van der Waals surface area (Å²) in [6, 6.07) is 1.35. The summed E-state index contributed by atoms with van der Waals surface area (Å²) in [6.07, 6.45) is -3.34. The number of imidazole rings is 1. The lowest BCUT2D eigenvalue weighted by Gasteiger charge is -2.17. The Labute approximate surface area is 187 Å². The van der Waals surface area contributed by atoms with E-state index in [9.17, 15) is 43.0 Å². The van der Waals surface area contributed by atoms with Crippen molar-refractivity contribution in [2.24, 2.45) is 4.99 Å². The third-order valence-electron chi connectivity index (χ3n) is 4.64. The van der Waals surface area contributed by atoms with E-state index in [1.807, 2.05) is 0 Å². The molecule has 13 nitrogen and oxygen atoms in total. The van der Waals surface area contributed by atoms with Gasteiger partial charge in [-0.25, -0.2) is 14.8 Å². The first kappa shape index (κ1) is 24.3. The van der Waals surface area contributed by atoms with Crippen molar-refractivity contribution in [3.8, 4) is 5.69 Å². The maximum absolute atomic E-state index is 12.8. The molecular weight excluding hydrogens is 469 g/mol. The Balaban J connectivity index is 1.93. The second-order valence-electron chi connectivity index (χ2n) is 7.59. The van der Waals surface area contributed by atoms with Gasteiger partial charge in [0.2, 0.25) is 5.90 Å². The summed E-state index contributed by atoms with van der Waals surface area (Å²) in [5, 5.41) is 24.0. The summed E-state index contributed by atoms with van der Waals surface area (Å²) in [5.74, 6) is -3.59. The normalized spacial score (nSPS) is 15.9. The van der Waals surface area contributed by atoms with Gasteiger partial charge in [-0.15, -0.1) is 0 Å². The lowest BCUT2D eigenvalue weighted by molar-refractivity contribution is -0.394. The number of aromatic nitrogens is 2. The van der Waals surface area contributed by atoms with Crippen LogP contribution in [0, 0.1) is 20.2 Å². The highest BCUT2D eigenvalue weighted by molar-refractivity contribution is 6.03. The summed E-state index contributed by atoms with van der Waals surface area (Å²) >= 11 is 0. The number of aliphatic imine (C=N–C) groups is 1. The Morgan fingerprint density at radius 3 is 2.47 bits per heavy atom. The predicted molar refractivity (Wildman–Crippen MR) is 106 cm³/mol. The lowest BCUT2D eigenvalue weighted by Crippen LogP contribution is -2.48. The summed E-state index contributed by atoms with van der Waals surface area (Å²) < 4.78 is 44.5. The molecule has 180 valence electrons. The van der Waals surface area contributed by atoms with E-state index in [1.54, 1.807) is 5.32 Å². The van der Waals surface area contributed by atoms with E-state index in [0.717, 1.165) is 29.1 Å². The first-order valence-electron chi connectivity index (χ1n) is 9.35. The van der Waals surface area contributed by atoms with E-state index in [-0.39, 0.29) is 11.4 Å². The monoisotopic (exact) mass is 484 g/mol. The zero-order chi connectivity index (χ0) is 25.4. The Hall–Kier alpha value is -4.37. The second kappa shape index (κ2) is 8.53. The maximum atomic E-state index is 12.8. The van der Waals surface area contributed by atoms with Crippen molar-refractivity contribution in [2.75, 3.05) is 0 Å². The third kappa shape index (κ3) is 5.00. The van der Waals surface area contributed by atoms with Crippen molar-refractivity contribution in [2.45, 2.75) is 38.0 Å². The van der Waals surface area contributed by atoms with Crippen molar-refractivity contribution in [1.29, 1.82) is 0 Å². The van der Waals surface area contributed by atoms with Crippen LogP contribution >= 0.6 is 0 Å². The van der Waals surface area contributed by atoms with Crippen LogP contribution in [0.3, 0.4) is 0 Å². The number of halogens is 3. The molecule has 0 radical (unpaired) electrons. The van der Waals surface area contributed by atoms with Crippen LogP contribution in [-0.4, -0.2) is 54.9 Å². The average molecular weight is 484 g/mol. The molecule has 1 aromatic heterocycles. The minimum Gasteiger partial charge on any atom is -0.408 e. The average Bonchev–Trinajstić information content (AvgIpc) is 3.29. The Bertz CT molecular complexity index is 1220. The number of nitro benzene ring substituents is 2. The summed E-state index contributed by atoms with van der Waals surface area (Å²) in [7, 11) is 0. The second-order valence-corrected chi connectivity index (χ2v) is 7.59. The van der Waals surface area contributed by atoms with Gasteiger partial charge in [0.1, 0.15) is 11.7 Å². The highest BCUT2D eigenvalue weighted by Gasteiger charge is 2.44. The molecular formula is C18H15F3N6O7. The van der Waals surface area contributed by atoms with Gasteiger partial charge < -0.3 is 10.1 Å². The predicted octanol–water partition coefficient (Wildman–Crippen LogP) is 2.01. The number of hydrogen-bond donors (Lipinski definition) is 1. The molecule has 1 aromatic carbocycles. The Morgan fingerprint density at radius 1 is 1.26 bits per heavy atom. The number of nitro groups is 2. The fourth-order valence-corrected chi connectivity index (χ4v) is 2.95. The Morgan fingerprint density at radius 2 is 1.94 bits per heavy atom. The summed E-state index contributed by atoms with van der Waals surface area (Å²) in [6.45, 7) is 2.74. The van der Waals surface area contributed by atoms with Gasteiger partial charge in [-0.3, -0.25) is 29.6 Å². The molecule has 1 amide bonds. The van der Waals surface area contributed by atoms with Crippen molar-refractivity contribution in [3.63, 3.8) is 0 Å². The number of benzene rings is 1. The SMILES string of the molecule is CC1(C)N=C([C@H](Cc2cn(-c3ccc([N+](=O)[O-])cc3[N+](=O)[O-])cn2)NC(=O)C(F)(F)F)OC1=O. The van der Waals surface area contributed by atoms with Crippen molar-refractivity contribution < 1.29 is 37.3 Å². The standard InChI is InChI=1S/C18H15F3N6O7/c1-17(2)16(29)34-14(24-17)11(23-15(28)18(19,20)21)5-9-7-25(8-22-9)12-4-3-10(26(30)31)6-13(12)27(32)33/h3-4,6-8,11H,5H2,1-2H3,(H,23,28)/t11-/m0/s1. The third-order valence-corrected chi connectivity index (χ3v) is 4.64. The number of amides is 1. The maximum Gasteiger partial charge on any atom is 0.471 e. The topological polar surface area (TPSA) is 172 Å². The van der Waals surface area contributed by atoms with E-state index in [1.165, 1.54) is 20.0 Å². The van der Waals surface area contributed by atoms with Crippen LogP contribution in [0.5, 0.6) is 0 Å². The molecule has 0 spiro atoms. The van der Waals surface area contributed by atoms with E-state index >= 15 is 0 Å². The van der Waals surface area contributed by atoms with Crippen LogP contribution in [0.25, 0.3) is 5.69 Å². The van der Waals surface area contributed by atoms with Gasteiger partial charge in [-0.05, 0) is 19.9 Å². The van der Waals surface area contributed by atoms with Gasteiger partial charge >= 0.3 is 18.1 Å². The zero-order valence-electron chi connectivity index (χ0n) is 17.4. The van der Waals surface area contributed by atoms with Crippen LogP contribution in [0.2, 0.25) is 0 Å². The molecule has 0 unspecified atom stereocenters. The molecule has 3 rings (SSSR count). The molecule has 1 N–H and O–H groups in total. The van der Waals surface area contributed by atoms with Gasteiger partial charge in [0.05, 0.1) is 27.9 Å². The number of esters is 1.